The Balaban J connectivity index is 1.59. The molecule has 2 aliphatic rings. The number of aliphatic imine (C=N–C) groups is 3. The minimum Gasteiger partial charge on any atom is -0.484 e. The topological polar surface area (TPSA) is 66.6 Å². The van der Waals surface area contributed by atoms with Gasteiger partial charge in [0.1, 0.15) is 5.75 Å². The molecule has 0 N–H and O–H groups in total. The van der Waals surface area contributed by atoms with Gasteiger partial charge in [0.25, 0.3) is 5.91 Å². The Morgan fingerprint density at radius 1 is 1.19 bits per heavy atom. The second kappa shape index (κ2) is 7.37. The van der Waals surface area contributed by atoms with Crippen LogP contribution in [0.15, 0.2) is 75.8 Å². The molecule has 2 aromatic rings. The van der Waals surface area contributed by atoms with Crippen LogP contribution in [0, 0.1) is 6.92 Å². The summed E-state index contributed by atoms with van der Waals surface area (Å²) in [7, 11) is 0. The van der Waals surface area contributed by atoms with Crippen molar-refractivity contribution < 1.29 is 9.53 Å². The summed E-state index contributed by atoms with van der Waals surface area (Å²) in [5.41, 5.74) is 2.99. The third-order valence-electron chi connectivity index (χ3n) is 4.22. The summed E-state index contributed by atoms with van der Waals surface area (Å²) in [6.07, 6.45) is 5.43. The van der Waals surface area contributed by atoms with E-state index in [1.165, 1.54) is 0 Å². The highest BCUT2D eigenvalue weighted by Gasteiger charge is 2.21. The standard InChI is InChI=1S/C21H18N4O2/c1-15-7-9-17(10-8-15)27-14-19(26)23-20-18-6-3-2-5-16(18)13-25-12-4-11-22-21(25)24-20/h2-12H,13-14H2,1H3. The first-order valence-electron chi connectivity index (χ1n) is 8.64. The third-order valence-corrected chi connectivity index (χ3v) is 4.22. The van der Waals surface area contributed by atoms with E-state index in [4.69, 9.17) is 4.74 Å². The Kier molecular flexibility index (Phi) is 4.61. The van der Waals surface area contributed by atoms with E-state index < -0.39 is 5.91 Å². The number of rotatable bonds is 3. The molecule has 6 heteroatoms. The van der Waals surface area contributed by atoms with E-state index in [0.29, 0.717) is 24.1 Å². The van der Waals surface area contributed by atoms with Crippen LogP contribution in [0.3, 0.4) is 0 Å². The molecule has 0 radical (unpaired) electrons. The highest BCUT2D eigenvalue weighted by molar-refractivity contribution is 6.13. The Hall–Kier alpha value is -3.54. The van der Waals surface area contributed by atoms with Crippen LogP contribution in [0.2, 0.25) is 0 Å². The molecule has 0 aliphatic carbocycles. The Morgan fingerprint density at radius 2 is 2.00 bits per heavy atom. The van der Waals surface area contributed by atoms with Gasteiger partial charge in [-0.25, -0.2) is 4.99 Å². The molecule has 0 atom stereocenters. The van der Waals surface area contributed by atoms with Crippen molar-refractivity contribution in [2.24, 2.45) is 15.0 Å². The number of allylic oxidation sites excluding steroid dienone is 1. The van der Waals surface area contributed by atoms with Gasteiger partial charge in [-0.3, -0.25) is 4.79 Å². The predicted molar refractivity (Wildman–Crippen MR) is 105 cm³/mol. The predicted octanol–water partition coefficient (Wildman–Crippen LogP) is 3.12. The molecule has 0 saturated heterocycles. The highest BCUT2D eigenvalue weighted by Crippen LogP contribution is 2.20. The lowest BCUT2D eigenvalue weighted by Crippen LogP contribution is -2.25. The highest BCUT2D eigenvalue weighted by atomic mass is 16.5. The number of amides is 1. The van der Waals surface area contributed by atoms with Crippen molar-refractivity contribution in [2.45, 2.75) is 13.5 Å². The molecule has 0 spiro atoms. The number of amidine groups is 1. The van der Waals surface area contributed by atoms with Crippen molar-refractivity contribution in [1.82, 2.24) is 4.90 Å². The zero-order chi connectivity index (χ0) is 18.6. The number of fused-ring (bicyclic) bond motifs is 2. The van der Waals surface area contributed by atoms with Crippen LogP contribution >= 0.6 is 0 Å². The molecular weight excluding hydrogens is 340 g/mol. The van der Waals surface area contributed by atoms with Crippen molar-refractivity contribution in [3.05, 3.63) is 77.5 Å². The smallest absolute Gasteiger partial charge is 0.285 e. The summed E-state index contributed by atoms with van der Waals surface area (Å²) in [5, 5.41) is 0. The first-order valence-corrected chi connectivity index (χ1v) is 8.64. The van der Waals surface area contributed by atoms with Gasteiger partial charge in [-0.1, -0.05) is 42.0 Å². The average Bonchev–Trinajstić information content (AvgIpc) is 2.84. The van der Waals surface area contributed by atoms with E-state index in [2.05, 4.69) is 15.0 Å². The molecule has 0 bridgehead atoms. The zero-order valence-corrected chi connectivity index (χ0v) is 14.9. The molecule has 1 amide bonds. The maximum absolute atomic E-state index is 12.4. The maximum Gasteiger partial charge on any atom is 0.285 e. The molecule has 6 nitrogen and oxygen atoms in total. The third kappa shape index (κ3) is 3.84. The van der Waals surface area contributed by atoms with E-state index in [1.807, 2.05) is 72.6 Å². The number of carbonyl (C=O) groups is 1. The molecule has 27 heavy (non-hydrogen) atoms. The fraction of sp³-hybridized carbons (Fsp3) is 0.143. The summed E-state index contributed by atoms with van der Waals surface area (Å²) in [6, 6.07) is 15.3. The lowest BCUT2D eigenvalue weighted by atomic mass is 10.1. The van der Waals surface area contributed by atoms with E-state index in [9.17, 15) is 4.79 Å². The van der Waals surface area contributed by atoms with Gasteiger partial charge in [0.15, 0.2) is 12.4 Å². The van der Waals surface area contributed by atoms with E-state index in [0.717, 1.165) is 16.7 Å². The lowest BCUT2D eigenvalue weighted by molar-refractivity contribution is -0.119. The number of aryl methyl sites for hydroxylation is 1. The number of ether oxygens (including phenoxy) is 1. The largest absolute Gasteiger partial charge is 0.484 e. The van der Waals surface area contributed by atoms with Gasteiger partial charge < -0.3 is 9.64 Å². The zero-order valence-electron chi connectivity index (χ0n) is 14.9. The van der Waals surface area contributed by atoms with Crippen molar-refractivity contribution in [3.63, 3.8) is 0 Å². The monoisotopic (exact) mass is 358 g/mol. The minimum atomic E-state index is -0.395. The lowest BCUT2D eigenvalue weighted by Gasteiger charge is -2.19. The van der Waals surface area contributed by atoms with Crippen LogP contribution in [0.1, 0.15) is 16.7 Å². The van der Waals surface area contributed by atoms with Gasteiger partial charge in [-0.15, -0.1) is 0 Å². The van der Waals surface area contributed by atoms with Crippen LogP contribution in [0.5, 0.6) is 5.75 Å². The fourth-order valence-corrected chi connectivity index (χ4v) is 2.84. The van der Waals surface area contributed by atoms with Gasteiger partial charge in [0.2, 0.25) is 5.96 Å². The van der Waals surface area contributed by atoms with Crippen molar-refractivity contribution in [2.75, 3.05) is 6.61 Å². The Morgan fingerprint density at radius 3 is 2.85 bits per heavy atom. The second-order valence-corrected chi connectivity index (χ2v) is 6.25. The van der Waals surface area contributed by atoms with E-state index in [1.54, 1.807) is 6.21 Å². The molecule has 2 aromatic carbocycles. The van der Waals surface area contributed by atoms with Crippen molar-refractivity contribution >= 4 is 23.9 Å². The van der Waals surface area contributed by atoms with Crippen LogP contribution in [-0.4, -0.2) is 35.4 Å². The fourth-order valence-electron chi connectivity index (χ4n) is 2.84. The molecular formula is C21H18N4O2. The molecule has 2 aliphatic heterocycles. The van der Waals surface area contributed by atoms with Crippen LogP contribution < -0.4 is 4.74 Å². The van der Waals surface area contributed by atoms with Gasteiger partial charge >= 0.3 is 0 Å². The van der Waals surface area contributed by atoms with Crippen molar-refractivity contribution in [3.8, 4) is 5.75 Å². The quantitative estimate of drug-likeness (QED) is 0.847. The molecule has 4 rings (SSSR count). The Bertz CT molecular complexity index is 987. The van der Waals surface area contributed by atoms with E-state index >= 15 is 0 Å². The molecule has 0 saturated carbocycles. The normalized spacial score (nSPS) is 16.4. The molecule has 0 aromatic heterocycles. The summed E-state index contributed by atoms with van der Waals surface area (Å²) in [4.78, 5) is 27.3. The average molecular weight is 358 g/mol. The van der Waals surface area contributed by atoms with Crippen molar-refractivity contribution in [1.29, 1.82) is 0 Å². The second-order valence-electron chi connectivity index (χ2n) is 6.25. The number of hydrogen-bond donors (Lipinski definition) is 0. The summed E-state index contributed by atoms with van der Waals surface area (Å²) >= 11 is 0. The number of guanidine groups is 1. The molecule has 0 fully saturated rings. The van der Waals surface area contributed by atoms with Gasteiger partial charge in [-0.2, -0.15) is 9.98 Å². The molecule has 2 heterocycles. The first-order chi connectivity index (χ1) is 13.2. The maximum atomic E-state index is 12.4. The first kappa shape index (κ1) is 16.9. The van der Waals surface area contributed by atoms with E-state index in [-0.39, 0.29) is 6.61 Å². The summed E-state index contributed by atoms with van der Waals surface area (Å²) in [5.74, 6) is 1.11. The minimum absolute atomic E-state index is 0.146. The summed E-state index contributed by atoms with van der Waals surface area (Å²) < 4.78 is 5.53. The molecule has 134 valence electrons. The number of hydrogen-bond acceptors (Lipinski definition) is 4. The van der Waals surface area contributed by atoms with Gasteiger partial charge in [0.05, 0.1) is 6.54 Å². The number of nitrogens with zero attached hydrogens (tertiary/aromatic N) is 4. The number of carbonyl (C=O) groups excluding carboxylic acids is 1. The number of benzene rings is 2. The van der Waals surface area contributed by atoms with Crippen LogP contribution in [0.4, 0.5) is 0 Å². The van der Waals surface area contributed by atoms with Gasteiger partial charge in [0, 0.05) is 18.0 Å². The SMILES string of the molecule is Cc1ccc(OCC(=O)N=C2N=C3N=CC=CN3Cc3ccccc32)cc1. The van der Waals surface area contributed by atoms with Gasteiger partial charge in [-0.05, 0) is 30.7 Å². The summed E-state index contributed by atoms with van der Waals surface area (Å²) in [6.45, 7) is 2.47. The molecule has 0 unspecified atom stereocenters. The van der Waals surface area contributed by atoms with Crippen LogP contribution in [-0.2, 0) is 11.3 Å². The Labute approximate surface area is 157 Å². The van der Waals surface area contributed by atoms with Crippen LogP contribution in [0.25, 0.3) is 0 Å².